The highest BCUT2D eigenvalue weighted by atomic mass is 32.1. The van der Waals surface area contributed by atoms with E-state index in [4.69, 9.17) is 0 Å². The second-order valence-electron chi connectivity index (χ2n) is 10.8. The van der Waals surface area contributed by atoms with Crippen molar-refractivity contribution in [2.24, 2.45) is 10.4 Å². The van der Waals surface area contributed by atoms with Crippen LogP contribution in [0.4, 0.5) is 8.78 Å². The maximum absolute atomic E-state index is 13.1. The zero-order valence-corrected chi connectivity index (χ0v) is 23.1. The molecule has 1 aliphatic rings. The van der Waals surface area contributed by atoms with E-state index in [1.165, 1.54) is 18.2 Å². The number of alkyl halides is 2. The molecule has 1 saturated heterocycles. The lowest BCUT2D eigenvalue weighted by Crippen LogP contribution is -2.39. The van der Waals surface area contributed by atoms with E-state index in [9.17, 15) is 18.4 Å². The molecule has 204 valence electrons. The molecule has 0 aliphatic carbocycles. The molecule has 38 heavy (non-hydrogen) atoms. The van der Waals surface area contributed by atoms with Gasteiger partial charge in [-0.2, -0.15) is 4.99 Å². The van der Waals surface area contributed by atoms with Crippen LogP contribution in [0.25, 0.3) is 11.0 Å². The average molecular weight is 544 g/mol. The highest BCUT2D eigenvalue weighted by Crippen LogP contribution is 2.27. The van der Waals surface area contributed by atoms with Crippen molar-refractivity contribution in [2.75, 3.05) is 6.54 Å². The third kappa shape index (κ3) is 6.13. The molecule has 1 aromatic carbocycles. The van der Waals surface area contributed by atoms with E-state index in [0.717, 1.165) is 40.8 Å². The number of thiophene rings is 1. The summed E-state index contributed by atoms with van der Waals surface area (Å²) in [6.45, 7) is 14.1. The summed E-state index contributed by atoms with van der Waals surface area (Å²) in [4.78, 5) is 34.7. The van der Waals surface area contributed by atoms with Gasteiger partial charge < -0.3 is 19.8 Å². The van der Waals surface area contributed by atoms with E-state index < -0.39 is 12.3 Å². The number of nitrogens with one attached hydrogen (secondary N) is 2. The SMILES string of the molecule is C=CC(=O)N1CCC[C@@H]1Cn1/c(=N/C(=O)c2ccc(C(F)F)s2)[nH]c2cc(CNC(C)C(C)(C)C)ccc21. The van der Waals surface area contributed by atoms with Crippen molar-refractivity contribution in [3.63, 3.8) is 0 Å². The Morgan fingerprint density at radius 3 is 2.71 bits per heavy atom. The van der Waals surface area contributed by atoms with Crippen LogP contribution in [-0.2, 0) is 17.9 Å². The molecule has 3 aromatic rings. The molecule has 2 amide bonds. The molecule has 4 rings (SSSR count). The third-order valence-corrected chi connectivity index (χ3v) is 8.33. The van der Waals surface area contributed by atoms with E-state index in [2.05, 4.69) is 49.6 Å². The summed E-state index contributed by atoms with van der Waals surface area (Å²) in [6, 6.07) is 8.92. The van der Waals surface area contributed by atoms with Gasteiger partial charge in [0, 0.05) is 25.7 Å². The van der Waals surface area contributed by atoms with E-state index in [1.807, 2.05) is 22.8 Å². The topological polar surface area (TPSA) is 82.5 Å². The molecule has 1 fully saturated rings. The van der Waals surface area contributed by atoms with Crippen molar-refractivity contribution in [3.05, 3.63) is 63.9 Å². The summed E-state index contributed by atoms with van der Waals surface area (Å²) < 4.78 is 28.0. The van der Waals surface area contributed by atoms with Crippen molar-refractivity contribution < 1.29 is 18.4 Å². The number of rotatable bonds is 8. The molecule has 2 N–H and O–H groups in total. The van der Waals surface area contributed by atoms with Gasteiger partial charge in [0.1, 0.15) is 0 Å². The lowest BCUT2D eigenvalue weighted by molar-refractivity contribution is -0.127. The fourth-order valence-corrected chi connectivity index (χ4v) is 5.31. The van der Waals surface area contributed by atoms with Crippen molar-refractivity contribution >= 4 is 34.2 Å². The smallest absolute Gasteiger partial charge is 0.290 e. The summed E-state index contributed by atoms with van der Waals surface area (Å²) in [7, 11) is 0. The first-order valence-electron chi connectivity index (χ1n) is 12.8. The number of imidazole rings is 1. The standard InChI is InChI=1S/C28H35F2N5O2S/c1-6-24(36)34-13-7-8-19(34)16-35-21-10-9-18(15-31-17(2)28(3,4)5)14-20(21)32-27(35)33-26(37)23-12-11-22(38-23)25(29)30/h6,9-12,14,17,19,25,31H,1,7-8,13,15-16H2,2-5H3,(H,32,33,37)/t17?,19-/m1/s1. The molecule has 10 heteroatoms. The Morgan fingerprint density at radius 1 is 1.29 bits per heavy atom. The molecule has 2 aromatic heterocycles. The van der Waals surface area contributed by atoms with Gasteiger partial charge in [0.2, 0.25) is 11.5 Å². The van der Waals surface area contributed by atoms with Gasteiger partial charge in [-0.3, -0.25) is 9.59 Å². The molecule has 3 heterocycles. The van der Waals surface area contributed by atoms with Crippen molar-refractivity contribution in [3.8, 4) is 0 Å². The number of carbonyl (C=O) groups excluding carboxylic acids is 2. The Hall–Kier alpha value is -3.11. The van der Waals surface area contributed by atoms with Crippen molar-refractivity contribution in [1.82, 2.24) is 19.8 Å². The summed E-state index contributed by atoms with van der Waals surface area (Å²) in [5.41, 5.74) is 3.17. The molecule has 0 bridgehead atoms. The number of aromatic amines is 1. The molecule has 1 unspecified atom stereocenters. The van der Waals surface area contributed by atoms with E-state index in [-0.39, 0.29) is 27.1 Å². The minimum atomic E-state index is -2.64. The van der Waals surface area contributed by atoms with Crippen molar-refractivity contribution in [2.45, 2.75) is 72.1 Å². The van der Waals surface area contributed by atoms with Gasteiger partial charge >= 0.3 is 0 Å². The molecule has 7 nitrogen and oxygen atoms in total. The number of aromatic nitrogens is 2. The number of fused-ring (bicyclic) bond motifs is 1. The van der Waals surface area contributed by atoms with Crippen LogP contribution < -0.4 is 10.9 Å². The minimum absolute atomic E-state index is 0.0743. The lowest BCUT2D eigenvalue weighted by atomic mass is 9.88. The largest absolute Gasteiger partial charge is 0.334 e. The van der Waals surface area contributed by atoms with Crippen molar-refractivity contribution in [1.29, 1.82) is 0 Å². The van der Waals surface area contributed by atoms with E-state index in [1.54, 1.807) is 4.90 Å². The fraction of sp³-hybridized carbons (Fsp3) is 0.464. The number of benzene rings is 1. The summed E-state index contributed by atoms with van der Waals surface area (Å²) >= 11 is 0.746. The third-order valence-electron chi connectivity index (χ3n) is 7.25. The maximum Gasteiger partial charge on any atom is 0.290 e. The second-order valence-corrected chi connectivity index (χ2v) is 11.9. The zero-order valence-electron chi connectivity index (χ0n) is 22.3. The zero-order chi connectivity index (χ0) is 27.6. The summed E-state index contributed by atoms with van der Waals surface area (Å²) in [5.74, 6) is -0.713. The Balaban J connectivity index is 1.71. The van der Waals surface area contributed by atoms with Gasteiger partial charge in [-0.1, -0.05) is 33.4 Å². The van der Waals surface area contributed by atoms with Crippen LogP contribution in [0.15, 0.2) is 48.0 Å². The number of likely N-dealkylation sites (tertiary alicyclic amines) is 1. The quantitative estimate of drug-likeness (QED) is 0.373. The minimum Gasteiger partial charge on any atom is -0.334 e. The van der Waals surface area contributed by atoms with Crippen LogP contribution in [0.1, 0.15) is 67.1 Å². The van der Waals surface area contributed by atoms with Gasteiger partial charge in [0.25, 0.3) is 12.3 Å². The number of hydrogen-bond acceptors (Lipinski definition) is 4. The first kappa shape index (κ1) is 27.9. The number of hydrogen-bond donors (Lipinski definition) is 2. The fourth-order valence-electron chi connectivity index (χ4n) is 4.56. The summed E-state index contributed by atoms with van der Waals surface area (Å²) in [5, 5.41) is 3.56. The number of halogens is 2. The molecular weight excluding hydrogens is 508 g/mol. The molecular formula is C28H35F2N5O2S. The van der Waals surface area contributed by atoms with Crippen LogP contribution in [0, 0.1) is 5.41 Å². The Bertz CT molecular complexity index is 1400. The van der Waals surface area contributed by atoms with Gasteiger partial charge in [-0.05, 0) is 61.1 Å². The number of nitrogens with zero attached hydrogens (tertiary/aromatic N) is 3. The van der Waals surface area contributed by atoms with Gasteiger partial charge in [0.05, 0.1) is 26.8 Å². The van der Waals surface area contributed by atoms with E-state index in [0.29, 0.717) is 31.3 Å². The molecule has 0 radical (unpaired) electrons. The second kappa shape index (κ2) is 11.3. The number of amides is 2. The number of H-pyrrole nitrogens is 1. The predicted octanol–water partition coefficient (Wildman–Crippen LogP) is 5.41. The lowest BCUT2D eigenvalue weighted by Gasteiger charge is -2.28. The maximum atomic E-state index is 13.1. The summed E-state index contributed by atoms with van der Waals surface area (Å²) in [6.07, 6.45) is 0.388. The molecule has 2 atom stereocenters. The Labute approximate surface area is 225 Å². The molecule has 1 aliphatic heterocycles. The van der Waals surface area contributed by atoms with Crippen LogP contribution in [-0.4, -0.2) is 44.9 Å². The number of carbonyl (C=O) groups is 2. The first-order chi connectivity index (χ1) is 18.0. The van der Waals surface area contributed by atoms with Crippen LogP contribution in [0.5, 0.6) is 0 Å². The van der Waals surface area contributed by atoms with Crippen LogP contribution >= 0.6 is 11.3 Å². The predicted molar refractivity (Wildman–Crippen MR) is 146 cm³/mol. The van der Waals surface area contributed by atoms with E-state index >= 15 is 0 Å². The Morgan fingerprint density at radius 2 is 2.05 bits per heavy atom. The highest BCUT2D eigenvalue weighted by molar-refractivity contribution is 7.14. The van der Waals surface area contributed by atoms with Gasteiger partial charge in [-0.25, -0.2) is 8.78 Å². The Kier molecular flexibility index (Phi) is 8.32. The average Bonchev–Trinajstić information content (AvgIpc) is 3.61. The highest BCUT2D eigenvalue weighted by Gasteiger charge is 2.28. The normalized spacial score (nSPS) is 17.5. The first-order valence-corrected chi connectivity index (χ1v) is 13.6. The van der Waals surface area contributed by atoms with Gasteiger partial charge in [-0.15, -0.1) is 11.3 Å². The monoisotopic (exact) mass is 543 g/mol. The van der Waals surface area contributed by atoms with Crippen LogP contribution in [0.2, 0.25) is 0 Å². The molecule has 0 saturated carbocycles. The van der Waals surface area contributed by atoms with Crippen LogP contribution in [0.3, 0.4) is 0 Å². The van der Waals surface area contributed by atoms with Gasteiger partial charge in [0.15, 0.2) is 0 Å². The molecule has 0 spiro atoms.